The number of carbonyl (C=O) groups is 2. The molecule has 0 amide bonds. The van der Waals surface area contributed by atoms with Crippen molar-refractivity contribution in [1.29, 1.82) is 0 Å². The molecule has 0 aromatic carbocycles. The summed E-state index contributed by atoms with van der Waals surface area (Å²) in [7, 11) is 1.47. The number of hydrogen-bond acceptors (Lipinski definition) is 4. The standard InChI is InChI=1S/C74H144O4/c1-5-7-9-11-13-15-17-19-21-22-36-39-43-47-51-55-59-63-67-71(74(77)78-4)73(76)69-65-61-57-53-49-45-41-38-35-33-31-29-27-25-23-24-26-28-30-32-34-37-40-44-48-52-56-60-64-68-72(75)70(3)66-62-58-54-50-46-42-20-18-16-14-12-10-8-6-2/h26,28,70-71,73,76H,5-25,27,29-69H2,1-4H3. The summed E-state index contributed by atoms with van der Waals surface area (Å²) in [6.45, 7) is 6.77. The van der Waals surface area contributed by atoms with E-state index in [4.69, 9.17) is 4.74 Å². The Hall–Kier alpha value is -1.16. The number of aliphatic hydroxyl groups excluding tert-OH is 1. The summed E-state index contributed by atoms with van der Waals surface area (Å²) < 4.78 is 5.10. The van der Waals surface area contributed by atoms with Gasteiger partial charge in [-0.2, -0.15) is 0 Å². The van der Waals surface area contributed by atoms with E-state index in [1.54, 1.807) is 0 Å². The zero-order valence-electron chi connectivity index (χ0n) is 54.1. The number of carbonyl (C=O) groups excluding carboxylic acids is 2. The average molecular weight is 1100 g/mol. The molecule has 0 saturated carbocycles. The number of methoxy groups -OCH3 is 1. The number of ketones is 1. The molecule has 0 aromatic heterocycles. The fourth-order valence-corrected chi connectivity index (χ4v) is 12.3. The van der Waals surface area contributed by atoms with Crippen LogP contribution >= 0.6 is 0 Å². The third-order valence-electron chi connectivity index (χ3n) is 18.0. The minimum atomic E-state index is -0.559. The smallest absolute Gasteiger partial charge is 0.311 e. The van der Waals surface area contributed by atoms with Crippen LogP contribution in [0.3, 0.4) is 0 Å². The Bertz CT molecular complexity index is 1180. The van der Waals surface area contributed by atoms with Crippen molar-refractivity contribution in [3.05, 3.63) is 12.2 Å². The van der Waals surface area contributed by atoms with Gasteiger partial charge in [0.15, 0.2) is 0 Å². The lowest BCUT2D eigenvalue weighted by Gasteiger charge is -2.20. The van der Waals surface area contributed by atoms with E-state index in [0.717, 1.165) is 57.8 Å². The Kier molecular flexibility index (Phi) is 65.6. The summed E-state index contributed by atoms with van der Waals surface area (Å²) in [6, 6.07) is 0. The fraction of sp³-hybridized carbons (Fsp3) is 0.946. The number of aliphatic hydroxyl groups is 1. The molecule has 0 fully saturated rings. The van der Waals surface area contributed by atoms with Crippen molar-refractivity contribution in [2.24, 2.45) is 11.8 Å². The van der Waals surface area contributed by atoms with Crippen LogP contribution in [0.15, 0.2) is 12.2 Å². The minimum Gasteiger partial charge on any atom is -0.469 e. The highest BCUT2D eigenvalue weighted by molar-refractivity contribution is 5.80. The van der Waals surface area contributed by atoms with E-state index >= 15 is 0 Å². The number of rotatable bonds is 68. The molecule has 0 aliphatic carbocycles. The van der Waals surface area contributed by atoms with Crippen LogP contribution in [-0.4, -0.2) is 30.1 Å². The number of hydrogen-bond donors (Lipinski definition) is 1. The first-order valence-corrected chi connectivity index (χ1v) is 36.4. The summed E-state index contributed by atoms with van der Waals surface area (Å²) in [6.07, 6.45) is 87.7. The molecule has 0 aliphatic heterocycles. The van der Waals surface area contributed by atoms with E-state index in [-0.39, 0.29) is 17.8 Å². The molecular weight excluding hydrogens is 953 g/mol. The van der Waals surface area contributed by atoms with Crippen molar-refractivity contribution in [3.63, 3.8) is 0 Å². The van der Waals surface area contributed by atoms with Gasteiger partial charge < -0.3 is 9.84 Å². The van der Waals surface area contributed by atoms with Crippen LogP contribution in [0.2, 0.25) is 0 Å². The van der Waals surface area contributed by atoms with E-state index in [9.17, 15) is 14.7 Å². The summed E-state index contributed by atoms with van der Waals surface area (Å²) in [4.78, 5) is 25.1. The van der Waals surface area contributed by atoms with Crippen molar-refractivity contribution in [3.8, 4) is 0 Å². The summed E-state index contributed by atoms with van der Waals surface area (Å²) in [5, 5.41) is 10.9. The molecule has 0 heterocycles. The second-order valence-corrected chi connectivity index (χ2v) is 25.7. The fourth-order valence-electron chi connectivity index (χ4n) is 12.3. The Morgan fingerprint density at radius 1 is 0.321 bits per heavy atom. The highest BCUT2D eigenvalue weighted by Crippen LogP contribution is 2.24. The molecule has 1 N–H and O–H groups in total. The molecule has 0 radical (unpaired) electrons. The monoisotopic (exact) mass is 1100 g/mol. The second-order valence-electron chi connectivity index (χ2n) is 25.7. The first-order chi connectivity index (χ1) is 38.5. The molecule has 78 heavy (non-hydrogen) atoms. The predicted molar refractivity (Wildman–Crippen MR) is 347 cm³/mol. The first-order valence-electron chi connectivity index (χ1n) is 36.4. The summed E-state index contributed by atoms with van der Waals surface area (Å²) in [5.41, 5.74) is 0. The molecule has 0 saturated heterocycles. The average Bonchev–Trinajstić information content (AvgIpc) is 3.44. The van der Waals surface area contributed by atoms with Crippen LogP contribution in [0, 0.1) is 11.8 Å². The lowest BCUT2D eigenvalue weighted by molar-refractivity contribution is -0.150. The Morgan fingerprint density at radius 3 is 0.833 bits per heavy atom. The van der Waals surface area contributed by atoms with E-state index < -0.39 is 6.10 Å². The molecule has 0 aromatic rings. The van der Waals surface area contributed by atoms with Crippen molar-refractivity contribution in [1.82, 2.24) is 0 Å². The number of ether oxygens (including phenoxy) is 1. The van der Waals surface area contributed by atoms with E-state index in [1.807, 2.05) is 0 Å². The quantitative estimate of drug-likeness (QED) is 0.0374. The van der Waals surface area contributed by atoms with Gasteiger partial charge in [0.25, 0.3) is 0 Å². The number of allylic oxidation sites excluding steroid dienone is 2. The van der Waals surface area contributed by atoms with Crippen LogP contribution in [0.5, 0.6) is 0 Å². The highest BCUT2D eigenvalue weighted by atomic mass is 16.5. The third kappa shape index (κ3) is 59.5. The van der Waals surface area contributed by atoms with Gasteiger partial charge >= 0.3 is 5.97 Å². The van der Waals surface area contributed by atoms with Crippen molar-refractivity contribution < 1.29 is 19.4 Å². The molecule has 0 rings (SSSR count). The Labute approximate surface area is 491 Å². The maximum absolute atomic E-state index is 12.6. The summed E-state index contributed by atoms with van der Waals surface area (Å²) >= 11 is 0. The van der Waals surface area contributed by atoms with Crippen molar-refractivity contribution in [2.45, 2.75) is 431 Å². The molecule has 3 unspecified atom stereocenters. The van der Waals surface area contributed by atoms with Crippen molar-refractivity contribution >= 4 is 11.8 Å². The van der Waals surface area contributed by atoms with Crippen LogP contribution < -0.4 is 0 Å². The number of unbranched alkanes of at least 4 members (excludes halogenated alkanes) is 55. The van der Waals surface area contributed by atoms with Crippen molar-refractivity contribution in [2.75, 3.05) is 7.11 Å². The molecule has 3 atom stereocenters. The van der Waals surface area contributed by atoms with Crippen LogP contribution in [0.1, 0.15) is 425 Å². The van der Waals surface area contributed by atoms with Gasteiger partial charge in [0.2, 0.25) is 0 Å². The van der Waals surface area contributed by atoms with Gasteiger partial charge in [-0.3, -0.25) is 9.59 Å². The van der Waals surface area contributed by atoms with Crippen LogP contribution in [-0.2, 0) is 14.3 Å². The number of esters is 1. The van der Waals surface area contributed by atoms with E-state index in [0.29, 0.717) is 5.78 Å². The number of Topliss-reactive ketones (excluding diaryl/α,β-unsaturated/α-hetero) is 1. The molecule has 4 heteroatoms. The van der Waals surface area contributed by atoms with E-state index in [2.05, 4.69) is 32.9 Å². The minimum absolute atomic E-state index is 0.218. The predicted octanol–water partition coefficient (Wildman–Crippen LogP) is 25.5. The SMILES string of the molecule is CCCCCCCCCCCCCCCCCCCCC(C(=O)OC)C(O)CCCCCCCCCCCCCCCCCC=CCCCCCCCCCCCCC(=O)C(C)CCCCCCCCCCCCCCCC. The molecule has 4 nitrogen and oxygen atoms in total. The maximum atomic E-state index is 12.6. The van der Waals surface area contributed by atoms with E-state index in [1.165, 1.54) is 354 Å². The highest BCUT2D eigenvalue weighted by Gasteiger charge is 2.26. The van der Waals surface area contributed by atoms with Crippen LogP contribution in [0.25, 0.3) is 0 Å². The molecule has 0 spiro atoms. The van der Waals surface area contributed by atoms with Gasteiger partial charge in [-0.05, 0) is 51.4 Å². The molecule has 0 bridgehead atoms. The normalized spacial score (nSPS) is 13.0. The lowest BCUT2D eigenvalue weighted by atomic mass is 9.91. The maximum Gasteiger partial charge on any atom is 0.311 e. The topological polar surface area (TPSA) is 63.6 Å². The molecular formula is C74H144O4. The van der Waals surface area contributed by atoms with Gasteiger partial charge in [-0.1, -0.05) is 380 Å². The Morgan fingerprint density at radius 2 is 0.551 bits per heavy atom. The second kappa shape index (κ2) is 66.6. The zero-order chi connectivity index (χ0) is 56.6. The first kappa shape index (κ1) is 76.8. The van der Waals surface area contributed by atoms with Gasteiger partial charge in [0.1, 0.15) is 5.78 Å². The van der Waals surface area contributed by atoms with Gasteiger partial charge in [-0.15, -0.1) is 0 Å². The van der Waals surface area contributed by atoms with Gasteiger partial charge in [0.05, 0.1) is 19.1 Å². The van der Waals surface area contributed by atoms with Gasteiger partial charge in [0, 0.05) is 12.3 Å². The lowest BCUT2D eigenvalue weighted by Crippen LogP contribution is -2.29. The summed E-state index contributed by atoms with van der Waals surface area (Å²) in [5.74, 6) is 0.233. The molecule has 464 valence electrons. The largest absolute Gasteiger partial charge is 0.469 e. The van der Waals surface area contributed by atoms with Gasteiger partial charge in [-0.25, -0.2) is 0 Å². The molecule has 0 aliphatic rings. The third-order valence-corrected chi connectivity index (χ3v) is 18.0. The zero-order valence-corrected chi connectivity index (χ0v) is 54.1. The van der Waals surface area contributed by atoms with Crippen LogP contribution in [0.4, 0.5) is 0 Å². The Balaban J connectivity index is 3.45.